The number of hydrogen-bond acceptors (Lipinski definition) is 5. The number of allylic oxidation sites excluding steroid dienone is 2. The van der Waals surface area contributed by atoms with Crippen LogP contribution in [-0.2, 0) is 19.0 Å². The molecule has 1 saturated carbocycles. The first-order valence-electron chi connectivity index (χ1n) is 13.1. The molecule has 0 spiro atoms. The van der Waals surface area contributed by atoms with Gasteiger partial charge in [-0.15, -0.1) is 0 Å². The topological polar surface area (TPSA) is 65.0 Å². The molecule has 0 aliphatic heterocycles. The summed E-state index contributed by atoms with van der Waals surface area (Å²) in [4.78, 5) is 11.6. The molecule has 0 unspecified atom stereocenters. The lowest BCUT2D eigenvalue weighted by Crippen LogP contribution is -2.21. The zero-order valence-electron chi connectivity index (χ0n) is 21.2. The molecular weight excluding hydrogens is 404 g/mol. The number of esters is 1. The molecule has 0 aromatic carbocycles. The second-order valence-corrected chi connectivity index (χ2v) is 9.67. The first-order chi connectivity index (χ1) is 15.5. The van der Waals surface area contributed by atoms with Crippen molar-refractivity contribution in [1.82, 2.24) is 0 Å². The maximum Gasteiger partial charge on any atom is 0.306 e. The van der Waals surface area contributed by atoms with Gasteiger partial charge in [-0.05, 0) is 70.1 Å². The summed E-state index contributed by atoms with van der Waals surface area (Å²) in [5.41, 5.74) is 0. The Morgan fingerprint density at radius 2 is 1.69 bits per heavy atom. The minimum atomic E-state index is -0.225. The zero-order chi connectivity index (χ0) is 23.6. The van der Waals surface area contributed by atoms with Crippen molar-refractivity contribution in [3.8, 4) is 0 Å². The van der Waals surface area contributed by atoms with Gasteiger partial charge in [0.1, 0.15) is 0 Å². The fraction of sp³-hybridized carbons (Fsp3) is 0.889. The van der Waals surface area contributed by atoms with Gasteiger partial charge in [0.15, 0.2) is 0 Å². The molecule has 188 valence electrons. The summed E-state index contributed by atoms with van der Waals surface area (Å²) in [5, 5.41) is 10.5. The summed E-state index contributed by atoms with van der Waals surface area (Å²) < 4.78 is 16.6. The van der Waals surface area contributed by atoms with Crippen molar-refractivity contribution in [2.45, 2.75) is 111 Å². The van der Waals surface area contributed by atoms with Gasteiger partial charge in [-0.3, -0.25) is 4.79 Å². The first kappa shape index (κ1) is 29.1. The minimum absolute atomic E-state index is 0.0438. The molecular formula is C27H50O5. The summed E-state index contributed by atoms with van der Waals surface area (Å²) in [6, 6.07) is 0. The van der Waals surface area contributed by atoms with Crippen molar-refractivity contribution >= 4 is 5.97 Å². The molecule has 5 nitrogen and oxygen atoms in total. The predicted octanol–water partition coefficient (Wildman–Crippen LogP) is 6.08. The van der Waals surface area contributed by atoms with Crippen molar-refractivity contribution in [3.05, 3.63) is 12.2 Å². The van der Waals surface area contributed by atoms with Crippen LogP contribution >= 0.6 is 0 Å². The van der Waals surface area contributed by atoms with Crippen LogP contribution in [0.3, 0.4) is 0 Å². The van der Waals surface area contributed by atoms with E-state index in [1.807, 2.05) is 13.8 Å². The van der Waals surface area contributed by atoms with E-state index in [2.05, 4.69) is 26.0 Å². The third kappa shape index (κ3) is 13.6. The number of rotatable bonds is 19. The molecule has 0 radical (unpaired) electrons. The number of hydrogen-bond donors (Lipinski definition) is 1. The van der Waals surface area contributed by atoms with E-state index in [1.54, 1.807) is 0 Å². The number of aliphatic hydroxyl groups excluding tert-OH is 1. The Morgan fingerprint density at radius 1 is 0.969 bits per heavy atom. The van der Waals surface area contributed by atoms with E-state index in [-0.39, 0.29) is 18.2 Å². The van der Waals surface area contributed by atoms with Crippen LogP contribution in [0, 0.1) is 17.8 Å². The molecule has 4 atom stereocenters. The van der Waals surface area contributed by atoms with E-state index >= 15 is 0 Å². The van der Waals surface area contributed by atoms with Crippen LogP contribution in [-0.4, -0.2) is 49.7 Å². The van der Waals surface area contributed by atoms with Gasteiger partial charge in [-0.25, -0.2) is 0 Å². The quantitative estimate of drug-likeness (QED) is 0.145. The van der Waals surface area contributed by atoms with Gasteiger partial charge < -0.3 is 19.3 Å². The number of carbonyl (C=O) groups is 1. The van der Waals surface area contributed by atoms with Crippen molar-refractivity contribution in [3.63, 3.8) is 0 Å². The molecule has 32 heavy (non-hydrogen) atoms. The van der Waals surface area contributed by atoms with E-state index in [9.17, 15) is 9.90 Å². The summed E-state index contributed by atoms with van der Waals surface area (Å²) >= 11 is 0. The molecule has 0 bridgehead atoms. The van der Waals surface area contributed by atoms with Gasteiger partial charge in [0.05, 0.1) is 25.4 Å². The zero-order valence-corrected chi connectivity index (χ0v) is 21.2. The van der Waals surface area contributed by atoms with E-state index in [1.165, 1.54) is 25.7 Å². The third-order valence-corrected chi connectivity index (χ3v) is 6.44. The smallest absolute Gasteiger partial charge is 0.306 e. The molecule has 1 aliphatic rings. The maximum atomic E-state index is 11.6. The van der Waals surface area contributed by atoms with Crippen molar-refractivity contribution in [2.75, 3.05) is 26.4 Å². The average molecular weight is 455 g/mol. The summed E-state index contributed by atoms with van der Waals surface area (Å²) in [5.74, 6) is 1.20. The molecule has 0 heterocycles. The second kappa shape index (κ2) is 18.5. The van der Waals surface area contributed by atoms with Crippen LogP contribution in [0.25, 0.3) is 0 Å². The predicted molar refractivity (Wildman–Crippen MR) is 131 cm³/mol. The van der Waals surface area contributed by atoms with Gasteiger partial charge >= 0.3 is 5.97 Å². The summed E-state index contributed by atoms with van der Waals surface area (Å²) in [6.45, 7) is 11.1. The van der Waals surface area contributed by atoms with E-state index in [4.69, 9.17) is 14.2 Å². The SMILES string of the molecule is CCCCCCCOCCOCC[C@@H]1[C@@H](C/C=C\CCCC(=O)OC(C)C)[C@@H](O)C[C@H]1C. The van der Waals surface area contributed by atoms with Gasteiger partial charge in [0.25, 0.3) is 0 Å². The molecule has 0 aromatic heterocycles. The number of unbranched alkanes of at least 4 members (excludes halogenated alkanes) is 5. The van der Waals surface area contributed by atoms with Crippen LogP contribution in [0.1, 0.15) is 98.3 Å². The monoisotopic (exact) mass is 454 g/mol. The van der Waals surface area contributed by atoms with Gasteiger partial charge in [0, 0.05) is 19.6 Å². The Kier molecular flexibility index (Phi) is 16.8. The van der Waals surface area contributed by atoms with E-state index in [0.717, 1.165) is 51.7 Å². The molecule has 0 saturated heterocycles. The fourth-order valence-electron chi connectivity index (χ4n) is 4.67. The van der Waals surface area contributed by atoms with Crippen LogP contribution in [0.5, 0.6) is 0 Å². The molecule has 0 amide bonds. The van der Waals surface area contributed by atoms with Crippen LogP contribution < -0.4 is 0 Å². The minimum Gasteiger partial charge on any atom is -0.463 e. The lowest BCUT2D eigenvalue weighted by molar-refractivity contribution is -0.147. The Hall–Kier alpha value is -0.910. The number of aliphatic hydroxyl groups is 1. The van der Waals surface area contributed by atoms with Crippen molar-refractivity contribution in [1.29, 1.82) is 0 Å². The van der Waals surface area contributed by atoms with E-state index in [0.29, 0.717) is 37.4 Å². The molecule has 1 rings (SSSR count). The lowest BCUT2D eigenvalue weighted by atomic mass is 9.85. The van der Waals surface area contributed by atoms with Crippen LogP contribution in [0.4, 0.5) is 0 Å². The molecule has 1 fully saturated rings. The van der Waals surface area contributed by atoms with E-state index < -0.39 is 0 Å². The molecule has 5 heteroatoms. The van der Waals surface area contributed by atoms with Gasteiger partial charge in [0.2, 0.25) is 0 Å². The Bertz CT molecular complexity index is 490. The van der Waals surface area contributed by atoms with Crippen molar-refractivity contribution < 1.29 is 24.1 Å². The largest absolute Gasteiger partial charge is 0.463 e. The molecule has 0 aromatic rings. The van der Waals surface area contributed by atoms with Crippen LogP contribution in [0.15, 0.2) is 12.2 Å². The molecule has 1 aliphatic carbocycles. The lowest BCUT2D eigenvalue weighted by Gasteiger charge is -2.23. The van der Waals surface area contributed by atoms with Gasteiger partial charge in [-0.1, -0.05) is 51.7 Å². The highest BCUT2D eigenvalue weighted by Gasteiger charge is 2.38. The normalized spacial score (nSPS) is 23.4. The Morgan fingerprint density at radius 3 is 2.41 bits per heavy atom. The summed E-state index contributed by atoms with van der Waals surface area (Å²) in [7, 11) is 0. The fourth-order valence-corrected chi connectivity index (χ4v) is 4.67. The number of ether oxygens (including phenoxy) is 3. The average Bonchev–Trinajstić information content (AvgIpc) is 3.00. The highest BCUT2D eigenvalue weighted by atomic mass is 16.5. The van der Waals surface area contributed by atoms with Crippen LogP contribution in [0.2, 0.25) is 0 Å². The molecule has 1 N–H and O–H groups in total. The highest BCUT2D eigenvalue weighted by Crippen LogP contribution is 2.41. The van der Waals surface area contributed by atoms with Crippen molar-refractivity contribution in [2.24, 2.45) is 17.8 Å². The summed E-state index contributed by atoms with van der Waals surface area (Å²) in [6.07, 6.45) is 15.3. The maximum absolute atomic E-state index is 11.6. The van der Waals surface area contributed by atoms with Gasteiger partial charge in [-0.2, -0.15) is 0 Å². The Labute approximate surface area is 197 Å². The first-order valence-corrected chi connectivity index (χ1v) is 13.1. The third-order valence-electron chi connectivity index (χ3n) is 6.44. The number of carbonyl (C=O) groups excluding carboxylic acids is 1. The standard InChI is InChI=1S/C27H50O5/c1-5-6-7-10-13-17-30-19-20-31-18-16-24-23(4)21-26(28)25(24)14-11-8-9-12-15-27(29)32-22(2)3/h8,11,22-26,28H,5-7,9-10,12-21H2,1-4H3/b11-8-/t23-,24+,25-,26+/m1/s1. The Balaban J connectivity index is 2.14. The second-order valence-electron chi connectivity index (χ2n) is 9.67. The highest BCUT2D eigenvalue weighted by molar-refractivity contribution is 5.69.